The molecule has 0 saturated heterocycles. The molecule has 4 rings (SSSR count). The Morgan fingerprint density at radius 1 is 1.04 bits per heavy atom. The molecule has 0 aliphatic heterocycles. The van der Waals surface area contributed by atoms with Gasteiger partial charge in [0.1, 0.15) is 5.75 Å². The topological polar surface area (TPSA) is 36.2 Å². The van der Waals surface area contributed by atoms with E-state index in [9.17, 15) is 4.79 Å². The quantitative estimate of drug-likeness (QED) is 0.615. The van der Waals surface area contributed by atoms with Crippen LogP contribution in [0.4, 0.5) is 0 Å². The molecule has 1 fully saturated rings. The Bertz CT molecular complexity index is 950. The summed E-state index contributed by atoms with van der Waals surface area (Å²) < 4.78 is 10.2. The highest BCUT2D eigenvalue weighted by molar-refractivity contribution is 9.10. The smallest absolute Gasteiger partial charge is 0.279 e. The molecule has 0 spiro atoms. The van der Waals surface area contributed by atoms with Crippen LogP contribution in [-0.4, -0.2) is 16.5 Å². The molecule has 130 valence electrons. The number of aromatic nitrogens is 2. The van der Waals surface area contributed by atoms with Crippen LogP contribution in [0.3, 0.4) is 0 Å². The first-order chi connectivity index (χ1) is 12.2. The second-order valence-electron chi connectivity index (χ2n) is 6.61. The van der Waals surface area contributed by atoms with Gasteiger partial charge in [0.25, 0.3) is 5.56 Å². The number of methoxy groups -OCH3 is 1. The van der Waals surface area contributed by atoms with E-state index in [1.54, 1.807) is 7.11 Å². The summed E-state index contributed by atoms with van der Waals surface area (Å²) in [5.74, 6) is 0.792. The predicted octanol–water partition coefficient (Wildman–Crippen LogP) is 5.07. The van der Waals surface area contributed by atoms with Gasteiger partial charge in [0.05, 0.1) is 29.7 Å². The minimum absolute atomic E-state index is 0.0343. The standard InChI is InChI=1S/C20H21BrN2O2/c1-25-17-10-8-16(9-11-17)23-20(24)18-13-14(21)7-12-19(18)22(23)15-5-3-2-4-6-15/h7-13,15H,2-6H2,1H3. The maximum atomic E-state index is 13.2. The Hall–Kier alpha value is -2.01. The van der Waals surface area contributed by atoms with Gasteiger partial charge >= 0.3 is 0 Å². The van der Waals surface area contributed by atoms with E-state index in [2.05, 4.69) is 26.7 Å². The average molecular weight is 401 g/mol. The second kappa shape index (κ2) is 6.71. The molecule has 3 aromatic rings. The van der Waals surface area contributed by atoms with Crippen molar-refractivity contribution in [1.82, 2.24) is 9.36 Å². The van der Waals surface area contributed by atoms with Crippen molar-refractivity contribution in [3.8, 4) is 11.4 Å². The van der Waals surface area contributed by atoms with Crippen LogP contribution in [0.25, 0.3) is 16.6 Å². The van der Waals surface area contributed by atoms with Gasteiger partial charge in [-0.05, 0) is 55.3 Å². The molecule has 0 unspecified atom stereocenters. The average Bonchev–Trinajstić information content (AvgIpc) is 2.95. The van der Waals surface area contributed by atoms with E-state index in [0.29, 0.717) is 6.04 Å². The maximum Gasteiger partial charge on any atom is 0.279 e. The Morgan fingerprint density at radius 3 is 2.44 bits per heavy atom. The van der Waals surface area contributed by atoms with Crippen LogP contribution in [-0.2, 0) is 0 Å². The molecule has 1 aliphatic rings. The van der Waals surface area contributed by atoms with Gasteiger partial charge in [0, 0.05) is 4.47 Å². The number of nitrogens with zero attached hydrogens (tertiary/aromatic N) is 2. The molecule has 0 radical (unpaired) electrons. The van der Waals surface area contributed by atoms with Crippen molar-refractivity contribution in [2.45, 2.75) is 38.1 Å². The van der Waals surface area contributed by atoms with E-state index in [1.807, 2.05) is 41.1 Å². The fourth-order valence-electron chi connectivity index (χ4n) is 3.85. The van der Waals surface area contributed by atoms with Crippen LogP contribution >= 0.6 is 15.9 Å². The van der Waals surface area contributed by atoms with Crippen LogP contribution in [0.5, 0.6) is 5.75 Å². The number of hydrogen-bond donors (Lipinski definition) is 0. The summed E-state index contributed by atoms with van der Waals surface area (Å²) in [4.78, 5) is 13.2. The SMILES string of the molecule is COc1ccc(-n2c(=O)c3cc(Br)ccc3n2C2CCCCC2)cc1. The van der Waals surface area contributed by atoms with Crippen molar-refractivity contribution >= 4 is 26.8 Å². The van der Waals surface area contributed by atoms with E-state index in [0.717, 1.165) is 39.7 Å². The predicted molar refractivity (Wildman–Crippen MR) is 104 cm³/mol. The van der Waals surface area contributed by atoms with Gasteiger partial charge in [-0.3, -0.25) is 9.48 Å². The Balaban J connectivity index is 1.97. The Morgan fingerprint density at radius 2 is 1.76 bits per heavy atom. The molecule has 1 aliphatic carbocycles. The van der Waals surface area contributed by atoms with Crippen LogP contribution in [0.2, 0.25) is 0 Å². The lowest BCUT2D eigenvalue weighted by atomic mass is 9.95. The second-order valence-corrected chi connectivity index (χ2v) is 7.53. The molecule has 2 aromatic carbocycles. The Kier molecular flexibility index (Phi) is 4.42. The zero-order chi connectivity index (χ0) is 17.4. The van der Waals surface area contributed by atoms with Gasteiger partial charge in [-0.15, -0.1) is 0 Å². The molecule has 1 saturated carbocycles. The number of ether oxygens (including phenoxy) is 1. The highest BCUT2D eigenvalue weighted by Crippen LogP contribution is 2.32. The lowest BCUT2D eigenvalue weighted by molar-refractivity contribution is 0.319. The fraction of sp³-hybridized carbons (Fsp3) is 0.350. The van der Waals surface area contributed by atoms with Gasteiger partial charge in [-0.1, -0.05) is 35.2 Å². The highest BCUT2D eigenvalue weighted by atomic mass is 79.9. The van der Waals surface area contributed by atoms with Gasteiger partial charge in [0.2, 0.25) is 0 Å². The van der Waals surface area contributed by atoms with E-state index < -0.39 is 0 Å². The van der Waals surface area contributed by atoms with Gasteiger partial charge in [-0.25, -0.2) is 4.68 Å². The van der Waals surface area contributed by atoms with E-state index >= 15 is 0 Å². The first-order valence-corrected chi connectivity index (χ1v) is 9.55. The fourth-order valence-corrected chi connectivity index (χ4v) is 4.21. The van der Waals surface area contributed by atoms with E-state index in [1.165, 1.54) is 19.3 Å². The number of fused-ring (bicyclic) bond motifs is 1. The molecule has 0 atom stereocenters. The molecule has 1 heterocycles. The van der Waals surface area contributed by atoms with Crippen molar-refractivity contribution in [1.29, 1.82) is 0 Å². The van der Waals surface area contributed by atoms with Crippen molar-refractivity contribution in [3.63, 3.8) is 0 Å². The zero-order valence-corrected chi connectivity index (χ0v) is 15.8. The summed E-state index contributed by atoms with van der Waals surface area (Å²) in [6.07, 6.45) is 5.97. The molecule has 25 heavy (non-hydrogen) atoms. The molecule has 0 bridgehead atoms. The van der Waals surface area contributed by atoms with Crippen molar-refractivity contribution in [2.75, 3.05) is 7.11 Å². The normalized spacial score (nSPS) is 15.6. The number of benzene rings is 2. The van der Waals surface area contributed by atoms with Crippen LogP contribution < -0.4 is 10.3 Å². The van der Waals surface area contributed by atoms with Gasteiger partial charge in [-0.2, -0.15) is 0 Å². The van der Waals surface area contributed by atoms with Gasteiger partial charge in [0.15, 0.2) is 0 Å². The number of hydrogen-bond acceptors (Lipinski definition) is 2. The van der Waals surface area contributed by atoms with E-state index in [-0.39, 0.29) is 5.56 Å². The minimum Gasteiger partial charge on any atom is -0.497 e. The largest absolute Gasteiger partial charge is 0.497 e. The maximum absolute atomic E-state index is 13.2. The lowest BCUT2D eigenvalue weighted by Crippen LogP contribution is -2.25. The summed E-state index contributed by atoms with van der Waals surface area (Å²) in [6, 6.07) is 14.1. The van der Waals surface area contributed by atoms with Crippen LogP contribution in [0, 0.1) is 0 Å². The van der Waals surface area contributed by atoms with Crippen LogP contribution in [0.15, 0.2) is 51.7 Å². The molecular formula is C20H21BrN2O2. The molecule has 4 nitrogen and oxygen atoms in total. The monoisotopic (exact) mass is 400 g/mol. The molecule has 0 amide bonds. The molecule has 5 heteroatoms. The van der Waals surface area contributed by atoms with Crippen molar-refractivity contribution in [3.05, 3.63) is 57.3 Å². The van der Waals surface area contributed by atoms with Crippen LogP contribution in [0.1, 0.15) is 38.1 Å². The van der Waals surface area contributed by atoms with E-state index in [4.69, 9.17) is 4.74 Å². The third-order valence-electron chi connectivity index (χ3n) is 5.08. The number of rotatable bonds is 3. The summed E-state index contributed by atoms with van der Waals surface area (Å²) in [5.41, 5.74) is 1.92. The molecular weight excluding hydrogens is 380 g/mol. The van der Waals surface area contributed by atoms with Gasteiger partial charge < -0.3 is 4.74 Å². The number of halogens is 1. The lowest BCUT2D eigenvalue weighted by Gasteiger charge is -2.26. The summed E-state index contributed by atoms with van der Waals surface area (Å²) in [6.45, 7) is 0. The third kappa shape index (κ3) is 2.91. The third-order valence-corrected chi connectivity index (χ3v) is 5.57. The molecule has 1 aromatic heterocycles. The van der Waals surface area contributed by atoms with Crippen molar-refractivity contribution in [2.24, 2.45) is 0 Å². The summed E-state index contributed by atoms with van der Waals surface area (Å²) in [5, 5.41) is 0.760. The summed E-state index contributed by atoms with van der Waals surface area (Å²) in [7, 11) is 1.65. The molecule has 0 N–H and O–H groups in total. The highest BCUT2D eigenvalue weighted by Gasteiger charge is 2.23. The summed E-state index contributed by atoms with van der Waals surface area (Å²) >= 11 is 3.50. The first kappa shape index (κ1) is 16.5. The Labute approximate surface area is 155 Å². The van der Waals surface area contributed by atoms with Crippen molar-refractivity contribution < 1.29 is 4.74 Å². The zero-order valence-electron chi connectivity index (χ0n) is 14.2. The first-order valence-electron chi connectivity index (χ1n) is 8.76. The minimum atomic E-state index is 0.0343.